The van der Waals surface area contributed by atoms with Crippen LogP contribution in [0.2, 0.25) is 0 Å². The van der Waals surface area contributed by atoms with Gasteiger partial charge in [0.2, 0.25) is 12.3 Å². The summed E-state index contributed by atoms with van der Waals surface area (Å²) in [5, 5.41) is 2.79. The van der Waals surface area contributed by atoms with Crippen molar-refractivity contribution in [1.29, 1.82) is 0 Å². The van der Waals surface area contributed by atoms with Gasteiger partial charge in [-0.15, -0.1) is 0 Å². The van der Waals surface area contributed by atoms with Crippen LogP contribution in [0.3, 0.4) is 0 Å². The lowest BCUT2D eigenvalue weighted by Crippen LogP contribution is -2.40. The number of nitrogens with one attached hydrogen (secondary N) is 1. The lowest BCUT2D eigenvalue weighted by atomic mass is 9.97. The van der Waals surface area contributed by atoms with Crippen molar-refractivity contribution in [3.63, 3.8) is 0 Å². The van der Waals surface area contributed by atoms with Crippen LogP contribution < -0.4 is 10.1 Å². The van der Waals surface area contributed by atoms with E-state index in [-0.39, 0.29) is 12.5 Å². The van der Waals surface area contributed by atoms with Gasteiger partial charge in [-0.05, 0) is 38.1 Å². The summed E-state index contributed by atoms with van der Waals surface area (Å²) in [5.74, 6) is 0.00648. The maximum atomic E-state index is 12.6. The van der Waals surface area contributed by atoms with E-state index in [0.717, 1.165) is 0 Å². The summed E-state index contributed by atoms with van der Waals surface area (Å²) >= 11 is 0. The Morgan fingerprint density at radius 2 is 2.14 bits per heavy atom. The van der Waals surface area contributed by atoms with Crippen LogP contribution in [0.1, 0.15) is 12.8 Å². The van der Waals surface area contributed by atoms with Gasteiger partial charge in [0.05, 0.1) is 13.7 Å². The smallest absolute Gasteiger partial charge is 0.241 e. The molecule has 0 atom stereocenters. The molecule has 1 aliphatic rings. The molecule has 2 rings (SSSR count). The summed E-state index contributed by atoms with van der Waals surface area (Å²) in [7, 11) is 1.56. The number of benzene rings is 1. The SMILES string of the molecule is COc1cccc(NC(=O)CN2CCC(C(F)F)CC2)c1. The van der Waals surface area contributed by atoms with Crippen molar-refractivity contribution in [2.75, 3.05) is 32.1 Å². The highest BCUT2D eigenvalue weighted by Crippen LogP contribution is 2.23. The molecule has 1 heterocycles. The van der Waals surface area contributed by atoms with E-state index >= 15 is 0 Å². The first-order valence-corrected chi connectivity index (χ1v) is 7.03. The van der Waals surface area contributed by atoms with Crippen molar-refractivity contribution >= 4 is 11.6 Å². The minimum absolute atomic E-state index is 0.140. The monoisotopic (exact) mass is 298 g/mol. The number of rotatable bonds is 5. The average molecular weight is 298 g/mol. The lowest BCUT2D eigenvalue weighted by molar-refractivity contribution is -0.117. The predicted molar refractivity (Wildman–Crippen MR) is 76.8 cm³/mol. The van der Waals surface area contributed by atoms with Crippen LogP contribution in [0.15, 0.2) is 24.3 Å². The zero-order valence-electron chi connectivity index (χ0n) is 12.0. The molecular weight excluding hydrogens is 278 g/mol. The number of nitrogens with zero attached hydrogens (tertiary/aromatic N) is 1. The number of likely N-dealkylation sites (tertiary alicyclic amines) is 1. The Hall–Kier alpha value is -1.69. The number of amides is 1. The molecule has 1 fully saturated rings. The molecule has 116 valence electrons. The van der Waals surface area contributed by atoms with Gasteiger partial charge in [-0.3, -0.25) is 9.69 Å². The number of hydrogen-bond donors (Lipinski definition) is 1. The molecule has 0 spiro atoms. The molecule has 0 aliphatic carbocycles. The summed E-state index contributed by atoms with van der Waals surface area (Å²) < 4.78 is 30.2. The Morgan fingerprint density at radius 3 is 2.76 bits per heavy atom. The summed E-state index contributed by atoms with van der Waals surface area (Å²) in [6.07, 6.45) is -1.36. The number of methoxy groups -OCH3 is 1. The van der Waals surface area contributed by atoms with Crippen molar-refractivity contribution < 1.29 is 18.3 Å². The van der Waals surface area contributed by atoms with Crippen LogP contribution in [0, 0.1) is 5.92 Å². The van der Waals surface area contributed by atoms with Gasteiger partial charge in [0.15, 0.2) is 0 Å². The Labute approximate surface area is 123 Å². The van der Waals surface area contributed by atoms with Gasteiger partial charge >= 0.3 is 0 Å². The van der Waals surface area contributed by atoms with E-state index in [4.69, 9.17) is 4.74 Å². The molecule has 0 bridgehead atoms. The molecule has 21 heavy (non-hydrogen) atoms. The number of alkyl halides is 2. The largest absolute Gasteiger partial charge is 0.497 e. The van der Waals surface area contributed by atoms with Crippen LogP contribution in [-0.2, 0) is 4.79 Å². The number of carbonyl (C=O) groups excluding carboxylic acids is 1. The minimum Gasteiger partial charge on any atom is -0.497 e. The van der Waals surface area contributed by atoms with Crippen molar-refractivity contribution in [3.8, 4) is 5.75 Å². The van der Waals surface area contributed by atoms with Crippen molar-refractivity contribution in [3.05, 3.63) is 24.3 Å². The second-order valence-electron chi connectivity index (χ2n) is 5.23. The highest BCUT2D eigenvalue weighted by molar-refractivity contribution is 5.92. The summed E-state index contributed by atoms with van der Waals surface area (Å²) in [5.41, 5.74) is 0.668. The van der Waals surface area contributed by atoms with Crippen LogP contribution >= 0.6 is 0 Å². The van der Waals surface area contributed by atoms with Gasteiger partial charge in [-0.1, -0.05) is 6.07 Å². The molecule has 4 nitrogen and oxygen atoms in total. The highest BCUT2D eigenvalue weighted by atomic mass is 19.3. The average Bonchev–Trinajstić information content (AvgIpc) is 2.47. The summed E-state index contributed by atoms with van der Waals surface area (Å²) in [4.78, 5) is 13.9. The Bertz CT molecular complexity index is 474. The first-order valence-electron chi connectivity index (χ1n) is 7.03. The van der Waals surface area contributed by atoms with Gasteiger partial charge in [-0.25, -0.2) is 8.78 Å². The van der Waals surface area contributed by atoms with E-state index in [0.29, 0.717) is 37.4 Å². The fraction of sp³-hybridized carbons (Fsp3) is 0.533. The maximum Gasteiger partial charge on any atom is 0.241 e. The summed E-state index contributed by atoms with van der Waals surface area (Å²) in [6.45, 7) is 1.31. The standard InChI is InChI=1S/C15H20F2N2O2/c1-21-13-4-2-3-12(9-13)18-14(20)10-19-7-5-11(6-8-19)15(16)17/h2-4,9,11,15H,5-8,10H2,1H3,(H,18,20). The molecule has 1 N–H and O–H groups in total. The molecule has 6 heteroatoms. The molecule has 0 aromatic heterocycles. The second-order valence-corrected chi connectivity index (χ2v) is 5.23. The highest BCUT2D eigenvalue weighted by Gasteiger charge is 2.26. The van der Waals surface area contributed by atoms with Gasteiger partial charge < -0.3 is 10.1 Å². The lowest BCUT2D eigenvalue weighted by Gasteiger charge is -2.30. The predicted octanol–water partition coefficient (Wildman–Crippen LogP) is 2.61. The number of piperidine rings is 1. The zero-order chi connectivity index (χ0) is 15.2. The molecule has 0 saturated carbocycles. The Morgan fingerprint density at radius 1 is 1.43 bits per heavy atom. The van der Waals surface area contributed by atoms with E-state index in [9.17, 15) is 13.6 Å². The molecule has 1 saturated heterocycles. The van der Waals surface area contributed by atoms with Gasteiger partial charge in [-0.2, -0.15) is 0 Å². The van der Waals surface area contributed by atoms with Crippen LogP contribution in [0.4, 0.5) is 14.5 Å². The van der Waals surface area contributed by atoms with E-state index in [1.165, 1.54) is 0 Å². The van der Waals surface area contributed by atoms with Crippen molar-refractivity contribution in [2.24, 2.45) is 5.92 Å². The fourth-order valence-electron chi connectivity index (χ4n) is 2.47. The Kier molecular flexibility index (Phi) is 5.50. The maximum absolute atomic E-state index is 12.6. The minimum atomic E-state index is -2.25. The first kappa shape index (κ1) is 15.7. The summed E-state index contributed by atoms with van der Waals surface area (Å²) in [6, 6.07) is 7.11. The molecule has 1 amide bonds. The fourth-order valence-corrected chi connectivity index (χ4v) is 2.47. The number of carbonyl (C=O) groups is 1. The number of halogens is 2. The topological polar surface area (TPSA) is 41.6 Å². The second kappa shape index (κ2) is 7.36. The van der Waals surface area contributed by atoms with E-state index < -0.39 is 12.3 Å². The van der Waals surface area contributed by atoms with Crippen molar-refractivity contribution in [1.82, 2.24) is 4.90 Å². The van der Waals surface area contributed by atoms with Crippen LogP contribution in [-0.4, -0.2) is 44.0 Å². The van der Waals surface area contributed by atoms with Crippen LogP contribution in [0.5, 0.6) is 5.75 Å². The molecule has 1 aromatic rings. The molecule has 0 radical (unpaired) electrons. The van der Waals surface area contributed by atoms with Gasteiger partial charge in [0, 0.05) is 17.7 Å². The number of hydrogen-bond acceptors (Lipinski definition) is 3. The normalized spacial score (nSPS) is 17.0. The third-order valence-corrected chi connectivity index (χ3v) is 3.71. The first-order chi connectivity index (χ1) is 10.1. The van der Waals surface area contributed by atoms with E-state index in [1.807, 2.05) is 4.90 Å². The van der Waals surface area contributed by atoms with E-state index in [1.54, 1.807) is 31.4 Å². The van der Waals surface area contributed by atoms with Gasteiger partial charge in [0.1, 0.15) is 5.75 Å². The number of anilines is 1. The quantitative estimate of drug-likeness (QED) is 0.908. The van der Waals surface area contributed by atoms with E-state index in [2.05, 4.69) is 5.32 Å². The third-order valence-electron chi connectivity index (χ3n) is 3.71. The van der Waals surface area contributed by atoms with Crippen molar-refractivity contribution in [2.45, 2.75) is 19.3 Å². The third kappa shape index (κ3) is 4.67. The molecular formula is C15H20F2N2O2. The molecule has 1 aliphatic heterocycles. The zero-order valence-corrected chi connectivity index (χ0v) is 12.0. The van der Waals surface area contributed by atoms with Gasteiger partial charge in [0.25, 0.3) is 0 Å². The molecule has 0 unspecified atom stereocenters. The van der Waals surface area contributed by atoms with Crippen LogP contribution in [0.25, 0.3) is 0 Å². The number of ether oxygens (including phenoxy) is 1. The molecule has 1 aromatic carbocycles. The Balaban J connectivity index is 1.80.